The molecular weight excluding hydrogens is 354 g/mol. The summed E-state index contributed by atoms with van der Waals surface area (Å²) < 4.78 is 11.0. The molecule has 6 nitrogen and oxygen atoms in total. The number of hydrogen-bond acceptors (Lipinski definition) is 4. The fourth-order valence-electron chi connectivity index (χ4n) is 2.83. The van der Waals surface area contributed by atoms with Crippen LogP contribution in [0.5, 0.6) is 11.5 Å². The van der Waals surface area contributed by atoms with Crippen LogP contribution in [0.2, 0.25) is 0 Å². The van der Waals surface area contributed by atoms with E-state index < -0.39 is 0 Å². The van der Waals surface area contributed by atoms with E-state index in [0.717, 1.165) is 23.4 Å². The first-order valence-corrected chi connectivity index (χ1v) is 9.69. The molecule has 0 bridgehead atoms. The molecule has 1 atom stereocenters. The van der Waals surface area contributed by atoms with Crippen molar-refractivity contribution in [3.63, 3.8) is 0 Å². The molecule has 0 aliphatic carbocycles. The van der Waals surface area contributed by atoms with Gasteiger partial charge in [-0.2, -0.15) is 0 Å². The average molecular weight is 386 g/mol. The number of ether oxygens (including phenoxy) is 2. The minimum Gasteiger partial charge on any atom is -0.493 e. The van der Waals surface area contributed by atoms with Gasteiger partial charge in [0.2, 0.25) is 0 Å². The maximum atomic E-state index is 9.73. The van der Waals surface area contributed by atoms with Crippen molar-refractivity contribution >= 4 is 5.96 Å². The second-order valence-corrected chi connectivity index (χ2v) is 6.28. The van der Waals surface area contributed by atoms with Gasteiger partial charge in [0, 0.05) is 19.0 Å². The summed E-state index contributed by atoms with van der Waals surface area (Å²) in [5.41, 5.74) is 2.13. The molecule has 0 amide bonds. The molecule has 0 spiro atoms. The van der Waals surface area contributed by atoms with Gasteiger partial charge >= 0.3 is 0 Å². The largest absolute Gasteiger partial charge is 0.493 e. The number of nitrogens with zero attached hydrogens (tertiary/aromatic N) is 1. The van der Waals surface area contributed by atoms with Crippen molar-refractivity contribution < 1.29 is 14.6 Å². The van der Waals surface area contributed by atoms with E-state index in [0.29, 0.717) is 31.4 Å². The Morgan fingerprint density at radius 3 is 2.50 bits per heavy atom. The van der Waals surface area contributed by atoms with Crippen molar-refractivity contribution in [2.24, 2.45) is 4.99 Å². The summed E-state index contributed by atoms with van der Waals surface area (Å²) in [6.45, 7) is 6.50. The summed E-state index contributed by atoms with van der Waals surface area (Å²) in [4.78, 5) is 4.65. The van der Waals surface area contributed by atoms with E-state index in [9.17, 15) is 5.11 Å². The van der Waals surface area contributed by atoms with Crippen molar-refractivity contribution in [1.82, 2.24) is 10.6 Å². The van der Waals surface area contributed by atoms with Crippen LogP contribution in [0.3, 0.4) is 0 Å². The number of methoxy groups -OCH3 is 1. The number of aliphatic hydroxyl groups excluding tert-OH is 1. The van der Waals surface area contributed by atoms with Gasteiger partial charge < -0.3 is 25.2 Å². The number of guanidine groups is 1. The smallest absolute Gasteiger partial charge is 0.191 e. The predicted molar refractivity (Wildman–Crippen MR) is 113 cm³/mol. The van der Waals surface area contributed by atoms with Gasteiger partial charge in [-0.25, -0.2) is 4.99 Å². The van der Waals surface area contributed by atoms with Crippen LogP contribution in [0.25, 0.3) is 0 Å². The van der Waals surface area contributed by atoms with Gasteiger partial charge in [-0.15, -0.1) is 0 Å². The van der Waals surface area contributed by atoms with Crippen molar-refractivity contribution in [2.75, 3.05) is 33.4 Å². The van der Waals surface area contributed by atoms with E-state index in [1.807, 2.05) is 62.4 Å². The molecule has 6 heteroatoms. The van der Waals surface area contributed by atoms with E-state index in [1.54, 1.807) is 7.11 Å². The summed E-state index contributed by atoms with van der Waals surface area (Å²) >= 11 is 0. The van der Waals surface area contributed by atoms with Crippen molar-refractivity contribution in [3.8, 4) is 11.5 Å². The summed E-state index contributed by atoms with van der Waals surface area (Å²) in [7, 11) is 1.63. The average Bonchev–Trinajstić information content (AvgIpc) is 2.74. The van der Waals surface area contributed by atoms with Crippen molar-refractivity contribution in [1.29, 1.82) is 0 Å². The third kappa shape index (κ3) is 6.46. The molecular formula is C22H31N3O3. The lowest BCUT2D eigenvalue weighted by Gasteiger charge is -2.18. The summed E-state index contributed by atoms with van der Waals surface area (Å²) in [6, 6.07) is 15.8. The van der Waals surface area contributed by atoms with Gasteiger partial charge in [-0.05, 0) is 37.1 Å². The van der Waals surface area contributed by atoms with Gasteiger partial charge in [-0.1, -0.05) is 36.4 Å². The van der Waals surface area contributed by atoms with E-state index in [1.165, 1.54) is 0 Å². The topological polar surface area (TPSA) is 75.1 Å². The second-order valence-electron chi connectivity index (χ2n) is 6.28. The minimum atomic E-state index is 0.00984. The fraction of sp³-hybridized carbons (Fsp3) is 0.409. The Morgan fingerprint density at radius 1 is 1.07 bits per heavy atom. The first kappa shape index (κ1) is 21.6. The molecule has 0 heterocycles. The van der Waals surface area contributed by atoms with Gasteiger partial charge in [-0.3, -0.25) is 0 Å². The highest BCUT2D eigenvalue weighted by Crippen LogP contribution is 2.28. The molecule has 2 rings (SSSR count). The standard InChI is InChI=1S/C22H31N3O3/c1-4-23-22(25-15-19(16-26)18-9-7-6-8-10-18)24-14-17-11-12-20(28-5-2)21(13-17)27-3/h6-13,19,26H,4-5,14-16H2,1-3H3,(H2,23,24,25). The minimum absolute atomic E-state index is 0.00984. The van der Waals surface area contributed by atoms with Gasteiger partial charge in [0.1, 0.15) is 0 Å². The van der Waals surface area contributed by atoms with E-state index >= 15 is 0 Å². The number of benzene rings is 2. The molecule has 0 aliphatic heterocycles. The van der Waals surface area contributed by atoms with Crippen LogP contribution >= 0.6 is 0 Å². The van der Waals surface area contributed by atoms with Gasteiger partial charge in [0.25, 0.3) is 0 Å². The molecule has 0 fully saturated rings. The SMILES string of the molecule is CCNC(=NCc1ccc(OCC)c(OC)c1)NCC(CO)c1ccccc1. The molecule has 1 unspecified atom stereocenters. The zero-order valence-corrected chi connectivity index (χ0v) is 16.9. The van der Waals surface area contributed by atoms with Crippen LogP contribution in [-0.4, -0.2) is 44.5 Å². The Bertz CT molecular complexity index is 735. The number of aliphatic hydroxyl groups is 1. The molecule has 3 N–H and O–H groups in total. The van der Waals surface area contributed by atoms with Crippen LogP contribution in [0.15, 0.2) is 53.5 Å². The molecule has 0 aromatic heterocycles. The lowest BCUT2D eigenvalue weighted by molar-refractivity contribution is 0.265. The molecule has 0 saturated heterocycles. The van der Waals surface area contributed by atoms with E-state index in [-0.39, 0.29) is 12.5 Å². The summed E-state index contributed by atoms with van der Waals surface area (Å²) in [5.74, 6) is 2.16. The van der Waals surface area contributed by atoms with Crippen molar-refractivity contribution in [3.05, 3.63) is 59.7 Å². The van der Waals surface area contributed by atoms with Crippen LogP contribution in [0, 0.1) is 0 Å². The lowest BCUT2D eigenvalue weighted by Crippen LogP contribution is -2.39. The highest BCUT2D eigenvalue weighted by Gasteiger charge is 2.11. The lowest BCUT2D eigenvalue weighted by atomic mass is 10.0. The van der Waals surface area contributed by atoms with E-state index in [4.69, 9.17) is 9.47 Å². The van der Waals surface area contributed by atoms with Gasteiger partial charge in [0.05, 0.1) is 26.9 Å². The Balaban J connectivity index is 2.03. The van der Waals surface area contributed by atoms with Crippen LogP contribution in [0.1, 0.15) is 30.9 Å². The van der Waals surface area contributed by atoms with E-state index in [2.05, 4.69) is 15.6 Å². The van der Waals surface area contributed by atoms with Crippen LogP contribution in [-0.2, 0) is 6.54 Å². The maximum absolute atomic E-state index is 9.73. The number of hydrogen-bond donors (Lipinski definition) is 3. The fourth-order valence-corrected chi connectivity index (χ4v) is 2.83. The number of aliphatic imine (C=N–C) groups is 1. The first-order valence-electron chi connectivity index (χ1n) is 9.69. The monoisotopic (exact) mass is 385 g/mol. The highest BCUT2D eigenvalue weighted by atomic mass is 16.5. The van der Waals surface area contributed by atoms with Crippen molar-refractivity contribution in [2.45, 2.75) is 26.3 Å². The zero-order chi connectivity index (χ0) is 20.2. The molecule has 0 radical (unpaired) electrons. The second kappa shape index (κ2) is 11.9. The maximum Gasteiger partial charge on any atom is 0.191 e. The molecule has 2 aromatic carbocycles. The zero-order valence-electron chi connectivity index (χ0n) is 16.9. The number of rotatable bonds is 10. The van der Waals surface area contributed by atoms with Crippen LogP contribution < -0.4 is 20.1 Å². The molecule has 0 saturated carbocycles. The third-order valence-electron chi connectivity index (χ3n) is 4.30. The Hall–Kier alpha value is -2.73. The van der Waals surface area contributed by atoms with Crippen LogP contribution in [0.4, 0.5) is 0 Å². The molecule has 2 aromatic rings. The quantitative estimate of drug-likeness (QED) is 0.433. The highest BCUT2D eigenvalue weighted by molar-refractivity contribution is 5.79. The third-order valence-corrected chi connectivity index (χ3v) is 4.30. The molecule has 152 valence electrons. The Morgan fingerprint density at radius 2 is 1.86 bits per heavy atom. The summed E-state index contributed by atoms with van der Waals surface area (Å²) in [5, 5.41) is 16.3. The molecule has 28 heavy (non-hydrogen) atoms. The normalized spacial score (nSPS) is 12.4. The van der Waals surface area contributed by atoms with Gasteiger partial charge in [0.15, 0.2) is 17.5 Å². The Labute approximate surface area is 167 Å². The summed E-state index contributed by atoms with van der Waals surface area (Å²) in [6.07, 6.45) is 0. The Kier molecular flexibility index (Phi) is 9.15. The molecule has 0 aliphatic rings. The number of nitrogens with one attached hydrogen (secondary N) is 2. The predicted octanol–water partition coefficient (Wildman–Crippen LogP) is 2.93. The first-order chi connectivity index (χ1) is 13.7.